The second-order valence-corrected chi connectivity index (χ2v) is 7.42. The van der Waals surface area contributed by atoms with Crippen LogP contribution in [0.5, 0.6) is 5.75 Å². The number of benzene rings is 1. The van der Waals surface area contributed by atoms with Crippen molar-refractivity contribution in [2.45, 2.75) is 42.7 Å². The predicted octanol–water partition coefficient (Wildman–Crippen LogP) is 4.10. The topological polar surface area (TPSA) is 65.7 Å². The molecule has 0 fully saturated rings. The van der Waals surface area contributed by atoms with Crippen LogP contribution >= 0.6 is 23.3 Å². The van der Waals surface area contributed by atoms with Gasteiger partial charge >= 0.3 is 0 Å². The lowest BCUT2D eigenvalue weighted by molar-refractivity contribution is 0.415. The number of rotatable bonds is 6. The van der Waals surface area contributed by atoms with Crippen LogP contribution in [0.25, 0.3) is 11.4 Å². The molecular weight excluding hydrogens is 342 g/mol. The van der Waals surface area contributed by atoms with Crippen molar-refractivity contribution >= 4 is 23.3 Å². The van der Waals surface area contributed by atoms with Gasteiger partial charge in [-0.3, -0.25) is 0 Å². The average Bonchev–Trinajstić information content (AvgIpc) is 3.22. The van der Waals surface area contributed by atoms with Gasteiger partial charge in [0.1, 0.15) is 11.6 Å². The Kier molecular flexibility index (Phi) is 5.15. The summed E-state index contributed by atoms with van der Waals surface area (Å²) in [6, 6.07) is 7.84. The lowest BCUT2D eigenvalue weighted by Crippen LogP contribution is -1.99. The fraction of sp³-hybridized carbons (Fsp3) is 0.375. The second-order valence-electron chi connectivity index (χ2n) is 5.45. The number of hydrogen-bond donors (Lipinski definition) is 0. The Bertz CT molecular complexity index is 810. The van der Waals surface area contributed by atoms with E-state index in [4.69, 9.17) is 4.74 Å². The lowest BCUT2D eigenvalue weighted by atomic mass is 10.2. The molecular formula is C16H19N5OS2. The predicted molar refractivity (Wildman–Crippen MR) is 95.8 cm³/mol. The lowest BCUT2D eigenvalue weighted by Gasteiger charge is -2.07. The Morgan fingerprint density at radius 3 is 2.54 bits per heavy atom. The molecule has 6 nitrogen and oxygen atoms in total. The first-order chi connectivity index (χ1) is 11.6. The molecule has 2 aromatic heterocycles. The number of aromatic nitrogens is 5. The minimum absolute atomic E-state index is 0.328. The molecule has 0 amide bonds. The zero-order valence-electron chi connectivity index (χ0n) is 14.1. The van der Waals surface area contributed by atoms with Gasteiger partial charge in [-0.1, -0.05) is 13.8 Å². The zero-order valence-corrected chi connectivity index (χ0v) is 15.7. The van der Waals surface area contributed by atoms with Gasteiger partial charge in [0.2, 0.25) is 0 Å². The van der Waals surface area contributed by atoms with Gasteiger partial charge in [0.15, 0.2) is 15.3 Å². The molecule has 3 rings (SSSR count). The molecule has 0 bridgehead atoms. The number of hydrogen-bond acceptors (Lipinski definition) is 7. The summed E-state index contributed by atoms with van der Waals surface area (Å²) in [7, 11) is 1.66. The van der Waals surface area contributed by atoms with Crippen molar-refractivity contribution in [2.75, 3.05) is 7.11 Å². The van der Waals surface area contributed by atoms with Crippen LogP contribution in [0.3, 0.4) is 0 Å². The second kappa shape index (κ2) is 7.31. The fourth-order valence-electron chi connectivity index (χ4n) is 2.18. The van der Waals surface area contributed by atoms with E-state index >= 15 is 0 Å². The molecule has 0 saturated carbocycles. The maximum Gasteiger partial charge on any atom is 0.198 e. The van der Waals surface area contributed by atoms with E-state index in [1.165, 1.54) is 23.3 Å². The third-order valence-corrected chi connectivity index (χ3v) is 5.25. The van der Waals surface area contributed by atoms with Crippen LogP contribution in [0, 0.1) is 0 Å². The van der Waals surface area contributed by atoms with Crippen molar-refractivity contribution in [1.82, 2.24) is 24.1 Å². The molecule has 0 aliphatic rings. The van der Waals surface area contributed by atoms with Gasteiger partial charge in [0, 0.05) is 18.0 Å². The molecule has 24 heavy (non-hydrogen) atoms. The molecule has 8 heteroatoms. The van der Waals surface area contributed by atoms with Crippen molar-refractivity contribution in [3.8, 4) is 17.1 Å². The molecule has 0 saturated heterocycles. The van der Waals surface area contributed by atoms with Crippen LogP contribution < -0.4 is 4.74 Å². The van der Waals surface area contributed by atoms with Crippen molar-refractivity contribution in [3.05, 3.63) is 30.1 Å². The highest BCUT2D eigenvalue weighted by atomic mass is 32.2. The summed E-state index contributed by atoms with van der Waals surface area (Å²) in [5.41, 5.74) is 1.01. The van der Waals surface area contributed by atoms with Crippen LogP contribution in [0.1, 0.15) is 32.5 Å². The van der Waals surface area contributed by atoms with Crippen molar-refractivity contribution in [3.63, 3.8) is 0 Å². The minimum Gasteiger partial charge on any atom is -0.497 e. The smallest absolute Gasteiger partial charge is 0.198 e. The van der Waals surface area contributed by atoms with Gasteiger partial charge in [-0.05, 0) is 54.5 Å². The highest BCUT2D eigenvalue weighted by Gasteiger charge is 2.16. The maximum atomic E-state index is 5.21. The molecule has 0 aliphatic carbocycles. The van der Waals surface area contributed by atoms with Gasteiger partial charge < -0.3 is 9.30 Å². The molecule has 0 atom stereocenters. The van der Waals surface area contributed by atoms with E-state index in [2.05, 4.69) is 44.9 Å². The standard InChI is InChI=1S/C16H19N5OS2/c1-5-21-14(11-6-8-12(22-4)9-7-11)18-19-15(21)23-16-17-13(10(2)3)20-24-16/h6-10H,5H2,1-4H3. The molecule has 0 unspecified atom stereocenters. The Hall–Kier alpha value is -1.93. The summed E-state index contributed by atoms with van der Waals surface area (Å²) < 4.78 is 12.6. The monoisotopic (exact) mass is 361 g/mol. The summed E-state index contributed by atoms with van der Waals surface area (Å²) in [6.07, 6.45) is 0. The largest absolute Gasteiger partial charge is 0.497 e. The van der Waals surface area contributed by atoms with Gasteiger partial charge in [0.25, 0.3) is 0 Å². The number of ether oxygens (including phenoxy) is 1. The molecule has 0 aliphatic heterocycles. The maximum absolute atomic E-state index is 5.21. The van der Waals surface area contributed by atoms with Crippen molar-refractivity contribution in [1.29, 1.82) is 0 Å². The summed E-state index contributed by atoms with van der Waals surface area (Å²) >= 11 is 2.92. The Morgan fingerprint density at radius 2 is 1.96 bits per heavy atom. The van der Waals surface area contributed by atoms with Crippen LogP contribution in [0.4, 0.5) is 0 Å². The molecule has 1 aromatic carbocycles. The quantitative estimate of drug-likeness (QED) is 0.658. The SMILES string of the molecule is CCn1c(Sc2nc(C(C)C)ns2)nnc1-c1ccc(OC)cc1. The summed E-state index contributed by atoms with van der Waals surface area (Å²) in [4.78, 5) is 4.56. The van der Waals surface area contributed by atoms with E-state index in [0.29, 0.717) is 5.92 Å². The molecule has 126 valence electrons. The van der Waals surface area contributed by atoms with Gasteiger partial charge in [-0.25, -0.2) is 4.98 Å². The van der Waals surface area contributed by atoms with Crippen LogP contribution in [0.2, 0.25) is 0 Å². The average molecular weight is 361 g/mol. The molecule has 0 radical (unpaired) electrons. The minimum atomic E-state index is 0.328. The summed E-state index contributed by atoms with van der Waals surface area (Å²) in [5, 5.41) is 9.53. The number of nitrogens with zero attached hydrogens (tertiary/aromatic N) is 5. The van der Waals surface area contributed by atoms with Gasteiger partial charge in [-0.15, -0.1) is 10.2 Å². The molecule has 2 heterocycles. The molecule has 0 N–H and O–H groups in total. The Morgan fingerprint density at radius 1 is 1.21 bits per heavy atom. The molecule has 0 spiro atoms. The zero-order chi connectivity index (χ0) is 17.1. The first-order valence-electron chi connectivity index (χ1n) is 7.71. The summed E-state index contributed by atoms with van der Waals surface area (Å²) in [5.74, 6) is 2.87. The fourth-order valence-corrected chi connectivity index (χ4v) is 3.92. The highest BCUT2D eigenvalue weighted by molar-refractivity contribution is 8.00. The number of methoxy groups -OCH3 is 1. The van der Waals surface area contributed by atoms with Crippen molar-refractivity contribution < 1.29 is 4.74 Å². The van der Waals surface area contributed by atoms with E-state index in [0.717, 1.165) is 39.0 Å². The Labute approximate surface area is 149 Å². The first kappa shape index (κ1) is 16.9. The van der Waals surface area contributed by atoms with E-state index in [9.17, 15) is 0 Å². The van der Waals surface area contributed by atoms with E-state index in [1.54, 1.807) is 7.11 Å². The van der Waals surface area contributed by atoms with Crippen LogP contribution in [-0.4, -0.2) is 31.2 Å². The highest BCUT2D eigenvalue weighted by Crippen LogP contribution is 2.31. The van der Waals surface area contributed by atoms with Crippen molar-refractivity contribution in [2.24, 2.45) is 0 Å². The van der Waals surface area contributed by atoms with E-state index in [-0.39, 0.29) is 0 Å². The van der Waals surface area contributed by atoms with Crippen LogP contribution in [-0.2, 0) is 6.54 Å². The third-order valence-electron chi connectivity index (χ3n) is 3.50. The van der Waals surface area contributed by atoms with E-state index in [1.807, 2.05) is 24.3 Å². The summed E-state index contributed by atoms with van der Waals surface area (Å²) in [6.45, 7) is 7.05. The van der Waals surface area contributed by atoms with Crippen LogP contribution in [0.15, 0.2) is 33.8 Å². The molecule has 3 aromatic rings. The first-order valence-corrected chi connectivity index (χ1v) is 9.30. The Balaban J connectivity index is 1.88. The normalized spacial score (nSPS) is 11.2. The van der Waals surface area contributed by atoms with Gasteiger partial charge in [0.05, 0.1) is 7.11 Å². The van der Waals surface area contributed by atoms with Gasteiger partial charge in [-0.2, -0.15) is 4.37 Å². The third kappa shape index (κ3) is 3.44. The van der Waals surface area contributed by atoms with E-state index < -0.39 is 0 Å².